The van der Waals surface area contributed by atoms with Gasteiger partial charge in [0.15, 0.2) is 11.5 Å². The van der Waals surface area contributed by atoms with E-state index in [0.717, 1.165) is 29.2 Å². The van der Waals surface area contributed by atoms with Crippen LogP contribution in [0.5, 0.6) is 11.5 Å². The van der Waals surface area contributed by atoms with Crippen LogP contribution in [0.4, 0.5) is 0 Å². The van der Waals surface area contributed by atoms with Gasteiger partial charge < -0.3 is 14.8 Å². The molecule has 0 saturated heterocycles. The summed E-state index contributed by atoms with van der Waals surface area (Å²) in [6.07, 6.45) is 2.37. The molecule has 0 aliphatic carbocycles. The lowest BCUT2D eigenvalue weighted by Crippen LogP contribution is -2.28. The average molecular weight is 329 g/mol. The summed E-state index contributed by atoms with van der Waals surface area (Å²) in [7, 11) is 0. The predicted octanol–water partition coefficient (Wildman–Crippen LogP) is 2.65. The van der Waals surface area contributed by atoms with E-state index in [-0.39, 0.29) is 18.2 Å². The molecular weight excluding hydrogens is 306 g/mol. The number of carbonyl (C=O) groups excluding carboxylic acids is 1. The number of aromatic nitrogens is 2. The maximum Gasteiger partial charge on any atom is 0.254 e. The van der Waals surface area contributed by atoms with Crippen LogP contribution in [0.3, 0.4) is 0 Å². The minimum Gasteiger partial charge on any atom is -0.454 e. The molecule has 0 fully saturated rings. The molecule has 1 aliphatic heterocycles. The predicted molar refractivity (Wildman–Crippen MR) is 90.6 cm³/mol. The van der Waals surface area contributed by atoms with Gasteiger partial charge in [0.05, 0.1) is 17.3 Å². The number of hydrogen-bond acceptors (Lipinski definition) is 4. The Bertz CT molecular complexity index is 759. The molecule has 0 saturated carbocycles. The van der Waals surface area contributed by atoms with Gasteiger partial charge in [0.25, 0.3) is 5.91 Å². The minimum atomic E-state index is -0.144. The quantitative estimate of drug-likeness (QED) is 0.936. The SMILES string of the molecule is Cc1c(C(=O)NCCc2ccc3c(c2)OCO3)cnn1C(C)(C)C. The Labute approximate surface area is 141 Å². The van der Waals surface area contributed by atoms with E-state index < -0.39 is 0 Å². The lowest BCUT2D eigenvalue weighted by Gasteiger charge is -2.21. The molecule has 0 atom stereocenters. The fourth-order valence-electron chi connectivity index (χ4n) is 2.82. The second-order valence-electron chi connectivity index (χ2n) is 6.92. The lowest BCUT2D eigenvalue weighted by atomic mass is 10.1. The van der Waals surface area contributed by atoms with Crippen molar-refractivity contribution in [1.29, 1.82) is 0 Å². The highest BCUT2D eigenvalue weighted by Crippen LogP contribution is 2.32. The number of nitrogens with one attached hydrogen (secondary N) is 1. The van der Waals surface area contributed by atoms with E-state index in [2.05, 4.69) is 31.2 Å². The molecule has 1 aliphatic rings. The number of rotatable bonds is 4. The van der Waals surface area contributed by atoms with Gasteiger partial charge in [0.2, 0.25) is 6.79 Å². The topological polar surface area (TPSA) is 65.4 Å². The maximum atomic E-state index is 12.4. The molecule has 0 unspecified atom stereocenters. The van der Waals surface area contributed by atoms with Crippen LogP contribution < -0.4 is 14.8 Å². The van der Waals surface area contributed by atoms with Crippen molar-refractivity contribution in [2.24, 2.45) is 0 Å². The summed E-state index contributed by atoms with van der Waals surface area (Å²) in [5.74, 6) is 1.44. The van der Waals surface area contributed by atoms with Crippen LogP contribution in [0.15, 0.2) is 24.4 Å². The van der Waals surface area contributed by atoms with E-state index in [9.17, 15) is 4.79 Å². The maximum absolute atomic E-state index is 12.4. The highest BCUT2D eigenvalue weighted by molar-refractivity contribution is 5.95. The third kappa shape index (κ3) is 3.22. The highest BCUT2D eigenvalue weighted by atomic mass is 16.7. The molecule has 1 aromatic carbocycles. The molecule has 2 heterocycles. The van der Waals surface area contributed by atoms with Crippen molar-refractivity contribution in [3.63, 3.8) is 0 Å². The molecule has 0 spiro atoms. The number of carbonyl (C=O) groups is 1. The molecule has 0 radical (unpaired) electrons. The van der Waals surface area contributed by atoms with Gasteiger partial charge in [-0.3, -0.25) is 9.48 Å². The molecule has 1 aromatic heterocycles. The van der Waals surface area contributed by atoms with Crippen molar-refractivity contribution in [2.45, 2.75) is 39.7 Å². The van der Waals surface area contributed by atoms with Gasteiger partial charge in [0.1, 0.15) is 0 Å². The number of hydrogen-bond donors (Lipinski definition) is 1. The van der Waals surface area contributed by atoms with E-state index in [1.54, 1.807) is 6.20 Å². The molecule has 1 amide bonds. The Hall–Kier alpha value is -2.50. The van der Waals surface area contributed by atoms with Crippen molar-refractivity contribution in [2.75, 3.05) is 13.3 Å². The summed E-state index contributed by atoms with van der Waals surface area (Å²) in [6.45, 7) is 8.94. The van der Waals surface area contributed by atoms with E-state index in [4.69, 9.17) is 9.47 Å². The molecule has 6 heteroatoms. The zero-order chi connectivity index (χ0) is 17.3. The third-order valence-electron chi connectivity index (χ3n) is 4.03. The Morgan fingerprint density at radius 3 is 2.75 bits per heavy atom. The number of benzene rings is 1. The summed E-state index contributed by atoms with van der Waals surface area (Å²) in [4.78, 5) is 12.4. The zero-order valence-corrected chi connectivity index (χ0v) is 14.5. The summed E-state index contributed by atoms with van der Waals surface area (Å²) in [5, 5.41) is 7.30. The number of nitrogens with zero attached hydrogens (tertiary/aromatic N) is 2. The van der Waals surface area contributed by atoms with Crippen molar-refractivity contribution >= 4 is 5.91 Å². The second kappa shape index (κ2) is 6.19. The third-order valence-corrected chi connectivity index (χ3v) is 4.03. The van der Waals surface area contributed by atoms with E-state index in [1.807, 2.05) is 29.8 Å². The largest absolute Gasteiger partial charge is 0.454 e. The van der Waals surface area contributed by atoms with Gasteiger partial charge in [-0.2, -0.15) is 5.10 Å². The summed E-state index contributed by atoms with van der Waals surface area (Å²) >= 11 is 0. The first-order chi connectivity index (χ1) is 11.4. The Morgan fingerprint density at radius 1 is 1.29 bits per heavy atom. The van der Waals surface area contributed by atoms with Crippen LogP contribution in [-0.4, -0.2) is 29.0 Å². The van der Waals surface area contributed by atoms with Crippen LogP contribution in [-0.2, 0) is 12.0 Å². The first-order valence-electron chi connectivity index (χ1n) is 8.08. The smallest absolute Gasteiger partial charge is 0.254 e. The van der Waals surface area contributed by atoms with Crippen LogP contribution in [0.1, 0.15) is 42.4 Å². The Balaban J connectivity index is 1.59. The van der Waals surface area contributed by atoms with Crippen LogP contribution in [0, 0.1) is 6.92 Å². The Kier molecular flexibility index (Phi) is 4.22. The monoisotopic (exact) mass is 329 g/mol. The number of amides is 1. The highest BCUT2D eigenvalue weighted by Gasteiger charge is 2.21. The minimum absolute atomic E-state index is 0.0938. The van der Waals surface area contributed by atoms with Gasteiger partial charge in [-0.05, 0) is 51.8 Å². The average Bonchev–Trinajstić information content (AvgIpc) is 3.12. The molecule has 128 valence electrons. The van der Waals surface area contributed by atoms with Gasteiger partial charge in [-0.1, -0.05) is 6.07 Å². The van der Waals surface area contributed by atoms with Crippen LogP contribution >= 0.6 is 0 Å². The molecule has 0 bridgehead atoms. The molecular formula is C18H23N3O3. The fraction of sp³-hybridized carbons (Fsp3) is 0.444. The summed E-state index contributed by atoms with van der Waals surface area (Å²) < 4.78 is 12.5. The first-order valence-corrected chi connectivity index (χ1v) is 8.08. The normalized spacial score (nSPS) is 13.2. The lowest BCUT2D eigenvalue weighted by molar-refractivity contribution is 0.0953. The van der Waals surface area contributed by atoms with Gasteiger partial charge in [-0.25, -0.2) is 0 Å². The van der Waals surface area contributed by atoms with Crippen molar-refractivity contribution < 1.29 is 14.3 Å². The zero-order valence-electron chi connectivity index (χ0n) is 14.5. The van der Waals surface area contributed by atoms with Crippen LogP contribution in [0.2, 0.25) is 0 Å². The molecule has 24 heavy (non-hydrogen) atoms. The van der Waals surface area contributed by atoms with Gasteiger partial charge in [0, 0.05) is 12.2 Å². The molecule has 3 rings (SSSR count). The van der Waals surface area contributed by atoms with Crippen molar-refractivity contribution in [1.82, 2.24) is 15.1 Å². The summed E-state index contributed by atoms with van der Waals surface area (Å²) in [6, 6.07) is 5.84. The van der Waals surface area contributed by atoms with Crippen molar-refractivity contribution in [3.05, 3.63) is 41.2 Å². The van der Waals surface area contributed by atoms with E-state index >= 15 is 0 Å². The number of fused-ring (bicyclic) bond motifs is 1. The van der Waals surface area contributed by atoms with Crippen molar-refractivity contribution in [3.8, 4) is 11.5 Å². The first kappa shape index (κ1) is 16.4. The molecule has 1 N–H and O–H groups in total. The number of ether oxygens (including phenoxy) is 2. The fourth-order valence-corrected chi connectivity index (χ4v) is 2.82. The van der Waals surface area contributed by atoms with Gasteiger partial charge >= 0.3 is 0 Å². The molecule has 6 nitrogen and oxygen atoms in total. The van der Waals surface area contributed by atoms with Crippen LogP contribution in [0.25, 0.3) is 0 Å². The second-order valence-corrected chi connectivity index (χ2v) is 6.92. The molecule has 2 aromatic rings. The Morgan fingerprint density at radius 2 is 2.04 bits per heavy atom. The van der Waals surface area contributed by atoms with E-state index in [0.29, 0.717) is 12.1 Å². The standard InChI is InChI=1S/C18H23N3O3/c1-12-14(10-20-21(12)18(2,3)4)17(22)19-8-7-13-5-6-15-16(9-13)24-11-23-15/h5-6,9-10H,7-8,11H2,1-4H3,(H,19,22). The van der Waals surface area contributed by atoms with E-state index in [1.165, 1.54) is 0 Å². The summed E-state index contributed by atoms with van der Waals surface area (Å²) in [5.41, 5.74) is 2.45. The van der Waals surface area contributed by atoms with Gasteiger partial charge in [-0.15, -0.1) is 0 Å².